The van der Waals surface area contributed by atoms with Crippen molar-refractivity contribution in [3.8, 4) is 17.2 Å². The minimum absolute atomic E-state index is 0.100. The van der Waals surface area contributed by atoms with Gasteiger partial charge in [0.05, 0.1) is 36.5 Å². The Morgan fingerprint density at radius 1 is 1.15 bits per heavy atom. The molecular weight excluding hydrogens is 549 g/mol. The van der Waals surface area contributed by atoms with Crippen molar-refractivity contribution in [2.24, 2.45) is 0 Å². The van der Waals surface area contributed by atoms with Gasteiger partial charge in [-0.15, -0.1) is 0 Å². The molecule has 0 aromatic heterocycles. The van der Waals surface area contributed by atoms with Crippen molar-refractivity contribution in [2.75, 3.05) is 39.9 Å². The number of hydrogen-bond acceptors (Lipinski definition) is 12. The molecule has 224 valence electrons. The van der Waals surface area contributed by atoms with E-state index in [0.29, 0.717) is 32.6 Å². The van der Waals surface area contributed by atoms with E-state index >= 15 is 4.39 Å². The number of carbonyl (C=O) groups is 3. The van der Waals surface area contributed by atoms with Crippen molar-refractivity contribution < 1.29 is 58.9 Å². The average molecular weight is 582 g/mol. The van der Waals surface area contributed by atoms with Gasteiger partial charge in [0.15, 0.2) is 23.0 Å². The predicted octanol–water partition coefficient (Wildman–Crippen LogP) is 0.881. The third-order valence-corrected chi connectivity index (χ3v) is 6.75. The maximum Gasteiger partial charge on any atom is 0.283 e. The van der Waals surface area contributed by atoms with Crippen LogP contribution >= 0.6 is 0 Å². The van der Waals surface area contributed by atoms with Crippen LogP contribution in [0.4, 0.5) is 4.39 Å². The molecular formula is C26H32FN3O11. The largest absolute Gasteiger partial charge is 0.505 e. The molecule has 1 aromatic rings. The molecule has 0 bridgehead atoms. The van der Waals surface area contributed by atoms with Crippen LogP contribution in [0.15, 0.2) is 35.2 Å². The number of likely N-dealkylation sites (N-methyl/N-ethyl adjacent to an activating group) is 1. The first-order valence-electron chi connectivity index (χ1n) is 12.5. The monoisotopic (exact) mass is 581 g/mol. The molecule has 2 amide bonds. The number of amides is 2. The first kappa shape index (κ1) is 31.0. The van der Waals surface area contributed by atoms with Gasteiger partial charge in [0.25, 0.3) is 11.9 Å². The second-order valence-corrected chi connectivity index (χ2v) is 9.26. The number of hydrogen-bond donors (Lipinski definition) is 7. The number of ether oxygens (including phenoxy) is 2. The van der Waals surface area contributed by atoms with Crippen molar-refractivity contribution in [3.05, 3.63) is 52.1 Å². The Hall–Kier alpha value is -4.50. The molecule has 2 aliphatic heterocycles. The van der Waals surface area contributed by atoms with Crippen LogP contribution in [-0.2, 0) is 37.0 Å². The van der Waals surface area contributed by atoms with Gasteiger partial charge in [0.2, 0.25) is 11.7 Å². The molecule has 0 radical (unpaired) electrons. The summed E-state index contributed by atoms with van der Waals surface area (Å²) in [6.07, 6.45) is 0.339. The summed E-state index contributed by atoms with van der Waals surface area (Å²) >= 11 is 0. The number of aromatic hydroxyl groups is 3. The summed E-state index contributed by atoms with van der Waals surface area (Å²) in [7, 11) is 1.30. The highest BCUT2D eigenvalue weighted by atomic mass is 19.1. The third-order valence-electron chi connectivity index (χ3n) is 6.75. The predicted molar refractivity (Wildman–Crippen MR) is 138 cm³/mol. The summed E-state index contributed by atoms with van der Waals surface area (Å²) in [4.78, 5) is 39.2. The molecule has 1 unspecified atom stereocenters. The molecule has 2 fully saturated rings. The zero-order valence-electron chi connectivity index (χ0n) is 22.2. The van der Waals surface area contributed by atoms with Crippen molar-refractivity contribution in [1.82, 2.24) is 15.1 Å². The lowest BCUT2D eigenvalue weighted by molar-refractivity contribution is -0.136. The van der Waals surface area contributed by atoms with Gasteiger partial charge in [-0.25, -0.2) is 4.39 Å². The number of carbonyl (C=O) groups excluding carboxylic acids is 3. The molecule has 0 saturated carbocycles. The molecule has 0 spiro atoms. The number of aldehydes is 1. The van der Waals surface area contributed by atoms with E-state index in [0.717, 1.165) is 4.90 Å². The number of phenols is 3. The lowest BCUT2D eigenvalue weighted by Gasteiger charge is -2.27. The Morgan fingerprint density at radius 2 is 1.78 bits per heavy atom. The lowest BCUT2D eigenvalue weighted by atomic mass is 10.0. The zero-order chi connectivity index (χ0) is 30.4. The molecule has 2 aliphatic rings. The highest BCUT2D eigenvalue weighted by Crippen LogP contribution is 2.43. The lowest BCUT2D eigenvalue weighted by Crippen LogP contribution is -2.46. The number of nitrogens with one attached hydrogen (secondary N) is 1. The number of likely N-dealkylation sites (tertiary alicyclic amines) is 1. The van der Waals surface area contributed by atoms with E-state index < -0.39 is 88.2 Å². The number of phenolic OH excluding ortho intramolecular Hbond substituents is 3. The molecule has 41 heavy (non-hydrogen) atoms. The topological polar surface area (TPSA) is 210 Å². The third kappa shape index (κ3) is 6.47. The highest BCUT2D eigenvalue weighted by Gasteiger charge is 2.42. The van der Waals surface area contributed by atoms with Crippen LogP contribution in [0.25, 0.3) is 0 Å². The van der Waals surface area contributed by atoms with Gasteiger partial charge in [-0.2, -0.15) is 0 Å². The van der Waals surface area contributed by atoms with E-state index in [1.165, 1.54) is 7.05 Å². The molecule has 15 heteroatoms. The molecule has 2 heterocycles. The maximum atomic E-state index is 15.4. The minimum atomic E-state index is -1.21. The normalized spacial score (nSPS) is 19.1. The highest BCUT2D eigenvalue weighted by molar-refractivity contribution is 6.04. The van der Waals surface area contributed by atoms with Crippen LogP contribution in [0, 0.1) is 5.82 Å². The number of halogens is 1. The molecule has 14 nitrogen and oxygen atoms in total. The molecule has 2 saturated heterocycles. The minimum Gasteiger partial charge on any atom is -0.505 e. The number of morpholine rings is 1. The zero-order valence-corrected chi connectivity index (χ0v) is 22.2. The van der Waals surface area contributed by atoms with Crippen LogP contribution in [-0.4, -0.2) is 104 Å². The molecule has 1 aromatic carbocycles. The van der Waals surface area contributed by atoms with Crippen molar-refractivity contribution in [2.45, 2.75) is 32.0 Å². The molecule has 7 N–H and O–H groups in total. The summed E-state index contributed by atoms with van der Waals surface area (Å²) in [6.45, 7) is 3.15. The van der Waals surface area contributed by atoms with E-state index in [-0.39, 0.29) is 24.9 Å². The van der Waals surface area contributed by atoms with Gasteiger partial charge < -0.3 is 55.1 Å². The Labute approximate surface area is 233 Å². The summed E-state index contributed by atoms with van der Waals surface area (Å²) in [5, 5.41) is 64.0. The van der Waals surface area contributed by atoms with Crippen molar-refractivity contribution >= 4 is 18.1 Å². The Morgan fingerprint density at radius 3 is 2.37 bits per heavy atom. The van der Waals surface area contributed by atoms with Crippen LogP contribution in [0.1, 0.15) is 24.0 Å². The van der Waals surface area contributed by atoms with Gasteiger partial charge >= 0.3 is 0 Å². The van der Waals surface area contributed by atoms with E-state index in [9.17, 15) is 45.0 Å². The number of rotatable bonds is 11. The fourth-order valence-electron chi connectivity index (χ4n) is 4.50. The smallest absolute Gasteiger partial charge is 0.283 e. The van der Waals surface area contributed by atoms with Gasteiger partial charge in [-0.1, -0.05) is 6.58 Å². The Kier molecular flexibility index (Phi) is 10.0. The number of nitrogens with zero attached hydrogens (tertiary/aromatic N) is 2. The van der Waals surface area contributed by atoms with E-state index in [2.05, 4.69) is 11.9 Å². The maximum absolute atomic E-state index is 15.4. The quantitative estimate of drug-likeness (QED) is 0.0841. The number of benzene rings is 1. The second kappa shape index (κ2) is 13.2. The average Bonchev–Trinajstić information content (AvgIpc) is 3.30. The molecule has 0 aliphatic carbocycles. The Bertz CT molecular complexity index is 1290. The van der Waals surface area contributed by atoms with E-state index in [1.54, 1.807) is 4.90 Å². The van der Waals surface area contributed by atoms with Crippen molar-refractivity contribution in [1.29, 1.82) is 0 Å². The first-order chi connectivity index (χ1) is 19.4. The summed E-state index contributed by atoms with van der Waals surface area (Å²) in [5.74, 6) is -8.73. The molecule has 3 rings (SSSR count). The standard InChI is InChI=1S/C26H32FN3O11/c1-13(32)20(33)18-14(11-30(25(18)38)17(4-3-7-31)24(37)28-2)26(39)41-12-16-19(27)15(21(34)23(36)22(16)35)10-29-5-8-40-9-6-29/h7,17,32-36,39H,1,3-6,8-12H2,2H3,(H,28,37)/b20-18-,26-14+. The van der Waals surface area contributed by atoms with E-state index in [1.807, 2.05) is 0 Å². The van der Waals surface area contributed by atoms with Gasteiger partial charge in [-0.05, 0) is 6.42 Å². The molecule has 1 atom stereocenters. The number of aliphatic hydroxyl groups is 3. The van der Waals surface area contributed by atoms with Crippen LogP contribution in [0.5, 0.6) is 17.2 Å². The van der Waals surface area contributed by atoms with Crippen LogP contribution < -0.4 is 5.32 Å². The number of aliphatic hydroxyl groups excluding tert-OH is 3. The fourth-order valence-corrected chi connectivity index (χ4v) is 4.50. The summed E-state index contributed by atoms with van der Waals surface area (Å²) in [6, 6.07) is -1.21. The Balaban J connectivity index is 1.98. The van der Waals surface area contributed by atoms with E-state index in [4.69, 9.17) is 9.47 Å². The summed E-state index contributed by atoms with van der Waals surface area (Å²) in [5.41, 5.74) is -2.05. The summed E-state index contributed by atoms with van der Waals surface area (Å²) < 4.78 is 25.9. The SMILES string of the molecule is C=C(O)/C(O)=C1/C(=O)N(C(CCC=O)C(=O)NC)C/C1=C(/O)OCc1c(O)c(O)c(O)c(CN2CCOCC2)c1F. The van der Waals surface area contributed by atoms with Crippen molar-refractivity contribution in [3.63, 3.8) is 0 Å². The van der Waals surface area contributed by atoms with Gasteiger partial charge in [-0.3, -0.25) is 14.5 Å². The fraction of sp³-hybridized carbons (Fsp3) is 0.423. The second-order valence-electron chi connectivity index (χ2n) is 9.26. The van der Waals surface area contributed by atoms with Crippen LogP contribution in [0.2, 0.25) is 0 Å². The van der Waals surface area contributed by atoms with Gasteiger partial charge in [0, 0.05) is 38.7 Å². The van der Waals surface area contributed by atoms with Crippen LogP contribution in [0.3, 0.4) is 0 Å². The van der Waals surface area contributed by atoms with Gasteiger partial charge in [0.1, 0.15) is 24.8 Å². The first-order valence-corrected chi connectivity index (χ1v) is 12.5.